The van der Waals surface area contributed by atoms with E-state index in [1.54, 1.807) is 28.4 Å². The van der Waals surface area contributed by atoms with Crippen LogP contribution < -0.4 is 4.74 Å². The van der Waals surface area contributed by atoms with Crippen LogP contribution in [-0.2, 0) is 46.9 Å². The normalized spacial score (nSPS) is 11.0. The Morgan fingerprint density at radius 2 is 1.11 bits per heavy atom. The molecule has 0 amide bonds. The minimum absolute atomic E-state index is 0.511. The van der Waals surface area contributed by atoms with Crippen molar-refractivity contribution in [2.75, 3.05) is 28.4 Å². The summed E-state index contributed by atoms with van der Waals surface area (Å²) >= 11 is 0. The third kappa shape index (κ3) is 5.32. The van der Waals surface area contributed by atoms with E-state index in [0.29, 0.717) is 19.8 Å². The first-order valence-electron chi connectivity index (χ1n) is 9.34. The Hall–Kier alpha value is -1.88. The lowest BCUT2D eigenvalue weighted by atomic mass is 9.93. The van der Waals surface area contributed by atoms with Crippen LogP contribution in [0.5, 0.6) is 5.75 Å². The summed E-state index contributed by atoms with van der Waals surface area (Å²) in [6.07, 6.45) is 1.87. The molecule has 0 unspecified atom stereocenters. The number of methoxy groups -OCH3 is 4. The first-order chi connectivity index (χ1) is 13.1. The topological polar surface area (TPSA) is 36.9 Å². The Balaban J connectivity index is 2.45. The van der Waals surface area contributed by atoms with Crippen LogP contribution in [0.3, 0.4) is 0 Å². The fourth-order valence-electron chi connectivity index (χ4n) is 3.64. The molecule has 0 bridgehead atoms. The van der Waals surface area contributed by atoms with Crippen molar-refractivity contribution < 1.29 is 18.9 Å². The molecule has 2 aromatic carbocycles. The summed E-state index contributed by atoms with van der Waals surface area (Å²) in [6, 6.07) is 8.91. The van der Waals surface area contributed by atoms with Crippen LogP contribution in [0.4, 0.5) is 0 Å². The van der Waals surface area contributed by atoms with E-state index in [4.69, 9.17) is 18.9 Å². The lowest BCUT2D eigenvalue weighted by molar-refractivity contribution is 0.173. The van der Waals surface area contributed by atoms with E-state index in [-0.39, 0.29) is 0 Å². The quantitative estimate of drug-likeness (QED) is 0.611. The highest BCUT2D eigenvalue weighted by Crippen LogP contribution is 2.29. The molecule has 0 aliphatic heterocycles. The van der Waals surface area contributed by atoms with Gasteiger partial charge in [-0.2, -0.15) is 0 Å². The standard InChI is InChI=1S/C23H32O4/c1-7-19-9-17(10-20(13-24-3)16(19)2)8-18-11-21(14-25-4)23(27-6)22(12-18)15-26-5/h9-12H,7-8,13-15H2,1-6H3. The van der Waals surface area contributed by atoms with Crippen LogP contribution in [-0.4, -0.2) is 28.4 Å². The summed E-state index contributed by atoms with van der Waals surface area (Å²) in [6.45, 7) is 6.04. The van der Waals surface area contributed by atoms with Gasteiger partial charge in [-0.3, -0.25) is 0 Å². The van der Waals surface area contributed by atoms with Crippen LogP contribution >= 0.6 is 0 Å². The number of rotatable bonds is 10. The molecular formula is C23H32O4. The Kier molecular flexibility index (Phi) is 8.29. The molecular weight excluding hydrogens is 340 g/mol. The second kappa shape index (κ2) is 10.5. The molecule has 4 heteroatoms. The molecule has 0 spiro atoms. The molecule has 0 aliphatic rings. The van der Waals surface area contributed by atoms with Gasteiger partial charge >= 0.3 is 0 Å². The molecule has 27 heavy (non-hydrogen) atoms. The van der Waals surface area contributed by atoms with Gasteiger partial charge in [0.1, 0.15) is 5.75 Å². The van der Waals surface area contributed by atoms with E-state index in [9.17, 15) is 0 Å². The first kappa shape index (κ1) is 21.4. The average Bonchev–Trinajstić information content (AvgIpc) is 2.65. The molecule has 0 atom stereocenters. The summed E-state index contributed by atoms with van der Waals surface area (Å²) < 4.78 is 21.8. The molecule has 0 aromatic heterocycles. The number of hydrogen-bond acceptors (Lipinski definition) is 4. The number of ether oxygens (including phenoxy) is 4. The molecule has 4 nitrogen and oxygen atoms in total. The van der Waals surface area contributed by atoms with Crippen molar-refractivity contribution in [3.05, 3.63) is 63.2 Å². The fraction of sp³-hybridized carbons (Fsp3) is 0.478. The maximum absolute atomic E-state index is 5.61. The van der Waals surface area contributed by atoms with Gasteiger partial charge in [-0.1, -0.05) is 19.1 Å². The predicted octanol–water partition coefficient (Wildman–Crippen LogP) is 4.60. The molecule has 0 saturated heterocycles. The second-order valence-electron chi connectivity index (χ2n) is 6.82. The van der Waals surface area contributed by atoms with Gasteiger partial charge in [-0.15, -0.1) is 0 Å². The zero-order chi connectivity index (χ0) is 19.8. The van der Waals surface area contributed by atoms with Crippen LogP contribution in [0.1, 0.15) is 45.9 Å². The van der Waals surface area contributed by atoms with Crippen molar-refractivity contribution in [2.24, 2.45) is 0 Å². The average molecular weight is 373 g/mol. The molecule has 2 rings (SSSR count). The van der Waals surface area contributed by atoms with Gasteiger partial charge in [-0.05, 0) is 59.7 Å². The Morgan fingerprint density at radius 1 is 0.667 bits per heavy atom. The number of hydrogen-bond donors (Lipinski definition) is 0. The molecule has 0 aliphatic carbocycles. The third-order valence-corrected chi connectivity index (χ3v) is 4.88. The van der Waals surface area contributed by atoms with Crippen molar-refractivity contribution in [3.63, 3.8) is 0 Å². The van der Waals surface area contributed by atoms with Crippen molar-refractivity contribution in [1.29, 1.82) is 0 Å². The molecule has 0 radical (unpaired) electrons. The summed E-state index contributed by atoms with van der Waals surface area (Å²) in [7, 11) is 6.84. The highest BCUT2D eigenvalue weighted by molar-refractivity contribution is 5.47. The van der Waals surface area contributed by atoms with Crippen molar-refractivity contribution in [2.45, 2.75) is 46.5 Å². The molecule has 0 N–H and O–H groups in total. The molecule has 0 heterocycles. The van der Waals surface area contributed by atoms with E-state index in [1.165, 1.54) is 27.8 Å². The SMILES string of the molecule is CCc1cc(Cc2cc(COC)c(OC)c(COC)c2)cc(COC)c1C. The summed E-state index contributed by atoms with van der Waals surface area (Å²) in [5.74, 6) is 0.848. The Labute approximate surface area is 163 Å². The van der Waals surface area contributed by atoms with E-state index < -0.39 is 0 Å². The van der Waals surface area contributed by atoms with Gasteiger partial charge in [0.2, 0.25) is 0 Å². The van der Waals surface area contributed by atoms with Gasteiger partial charge in [0, 0.05) is 32.5 Å². The Morgan fingerprint density at radius 3 is 1.56 bits per heavy atom. The van der Waals surface area contributed by atoms with Crippen LogP contribution in [0, 0.1) is 6.92 Å². The first-order valence-corrected chi connectivity index (χ1v) is 9.34. The summed E-state index contributed by atoms with van der Waals surface area (Å²) in [5.41, 5.74) is 8.58. The largest absolute Gasteiger partial charge is 0.496 e. The van der Waals surface area contributed by atoms with Gasteiger partial charge < -0.3 is 18.9 Å². The van der Waals surface area contributed by atoms with Gasteiger partial charge in [0.15, 0.2) is 0 Å². The van der Waals surface area contributed by atoms with Gasteiger partial charge in [0.25, 0.3) is 0 Å². The van der Waals surface area contributed by atoms with Crippen LogP contribution in [0.15, 0.2) is 24.3 Å². The maximum Gasteiger partial charge on any atom is 0.129 e. The summed E-state index contributed by atoms with van der Waals surface area (Å²) in [4.78, 5) is 0. The lowest BCUT2D eigenvalue weighted by Crippen LogP contribution is -2.04. The van der Waals surface area contributed by atoms with Crippen LogP contribution in [0.2, 0.25) is 0 Å². The number of benzene rings is 2. The Bertz CT molecular complexity index is 725. The molecule has 2 aromatic rings. The predicted molar refractivity (Wildman–Crippen MR) is 108 cm³/mol. The second-order valence-corrected chi connectivity index (χ2v) is 6.82. The van der Waals surface area contributed by atoms with Crippen LogP contribution in [0.25, 0.3) is 0 Å². The van der Waals surface area contributed by atoms with Crippen molar-refractivity contribution in [1.82, 2.24) is 0 Å². The summed E-state index contributed by atoms with van der Waals surface area (Å²) in [5, 5.41) is 0. The highest BCUT2D eigenvalue weighted by Gasteiger charge is 2.13. The zero-order valence-corrected chi connectivity index (χ0v) is 17.5. The number of aryl methyl sites for hydroxylation is 1. The molecule has 0 saturated carbocycles. The minimum Gasteiger partial charge on any atom is -0.496 e. The molecule has 148 valence electrons. The van der Waals surface area contributed by atoms with Gasteiger partial charge in [0.05, 0.1) is 26.9 Å². The van der Waals surface area contributed by atoms with Crippen molar-refractivity contribution >= 4 is 0 Å². The van der Waals surface area contributed by atoms with Gasteiger partial charge in [-0.25, -0.2) is 0 Å². The highest BCUT2D eigenvalue weighted by atomic mass is 16.5. The maximum atomic E-state index is 5.61. The minimum atomic E-state index is 0.511. The monoisotopic (exact) mass is 372 g/mol. The lowest BCUT2D eigenvalue weighted by Gasteiger charge is -2.17. The van der Waals surface area contributed by atoms with Crippen molar-refractivity contribution in [3.8, 4) is 5.75 Å². The fourth-order valence-corrected chi connectivity index (χ4v) is 3.64. The smallest absolute Gasteiger partial charge is 0.129 e. The zero-order valence-electron chi connectivity index (χ0n) is 17.5. The van der Waals surface area contributed by atoms with E-state index in [2.05, 4.69) is 38.1 Å². The van der Waals surface area contributed by atoms with E-state index >= 15 is 0 Å². The third-order valence-electron chi connectivity index (χ3n) is 4.88. The molecule has 0 fully saturated rings. The van der Waals surface area contributed by atoms with E-state index in [1.807, 2.05) is 0 Å². The van der Waals surface area contributed by atoms with E-state index in [0.717, 1.165) is 29.7 Å².